The van der Waals surface area contributed by atoms with E-state index in [0.29, 0.717) is 30.2 Å². The normalized spacial score (nSPS) is 9.87. The molecule has 162 valence electrons. The molecule has 3 aromatic rings. The molecule has 11 heteroatoms. The van der Waals surface area contributed by atoms with Crippen LogP contribution >= 0.6 is 11.6 Å². The second-order valence-electron chi connectivity index (χ2n) is 6.02. The van der Waals surface area contributed by atoms with Gasteiger partial charge in [-0.1, -0.05) is 17.7 Å². The van der Waals surface area contributed by atoms with Crippen molar-refractivity contribution in [2.75, 3.05) is 17.7 Å². The molecular formula is C20H21ClN6O4. The van der Waals surface area contributed by atoms with Crippen LogP contribution in [0.3, 0.4) is 0 Å². The number of rotatable bonds is 7. The van der Waals surface area contributed by atoms with Crippen LogP contribution in [0.5, 0.6) is 0 Å². The van der Waals surface area contributed by atoms with E-state index in [-0.39, 0.29) is 23.4 Å². The average Bonchev–Trinajstić information content (AvgIpc) is 2.75. The van der Waals surface area contributed by atoms with Crippen LogP contribution in [0.25, 0.3) is 0 Å². The minimum absolute atomic E-state index is 0.147. The molecule has 0 fully saturated rings. The number of halogens is 1. The van der Waals surface area contributed by atoms with Crippen LogP contribution in [0.15, 0.2) is 55.0 Å². The van der Waals surface area contributed by atoms with E-state index in [1.54, 1.807) is 36.7 Å². The number of pyridine rings is 1. The topological polar surface area (TPSA) is 146 Å². The number of nitrogen functional groups attached to an aromatic ring is 1. The summed E-state index contributed by atoms with van der Waals surface area (Å²) in [5.41, 5.74) is 6.89. The van der Waals surface area contributed by atoms with Gasteiger partial charge in [-0.05, 0) is 49.2 Å². The Balaban J connectivity index is 0.000000233. The summed E-state index contributed by atoms with van der Waals surface area (Å²) in [6.07, 6.45) is 5.67. The van der Waals surface area contributed by atoms with Gasteiger partial charge in [-0.25, -0.2) is 4.98 Å². The van der Waals surface area contributed by atoms with E-state index in [0.717, 1.165) is 11.8 Å². The summed E-state index contributed by atoms with van der Waals surface area (Å²) in [6, 6.07) is 10.6. The van der Waals surface area contributed by atoms with Crippen molar-refractivity contribution in [3.05, 3.63) is 75.7 Å². The molecule has 0 bridgehead atoms. The Labute approximate surface area is 183 Å². The largest absolute Gasteiger partial charge is 0.466 e. The molecule has 2 aromatic heterocycles. The molecule has 10 nitrogen and oxygen atoms in total. The van der Waals surface area contributed by atoms with Crippen LogP contribution < -0.4 is 11.1 Å². The van der Waals surface area contributed by atoms with Gasteiger partial charge in [0.25, 0.3) is 0 Å². The highest BCUT2D eigenvalue weighted by molar-refractivity contribution is 6.30. The van der Waals surface area contributed by atoms with Crippen molar-refractivity contribution < 1.29 is 14.5 Å². The Morgan fingerprint density at radius 3 is 2.58 bits per heavy atom. The fraction of sp³-hybridized carbons (Fsp3) is 0.200. The first kappa shape index (κ1) is 23.5. The van der Waals surface area contributed by atoms with E-state index in [4.69, 9.17) is 22.1 Å². The molecule has 3 rings (SSSR count). The molecule has 2 heterocycles. The third-order valence-electron chi connectivity index (χ3n) is 3.74. The number of nitrogens with zero attached hydrogens (tertiary/aromatic N) is 4. The van der Waals surface area contributed by atoms with Crippen LogP contribution in [-0.4, -0.2) is 32.5 Å². The summed E-state index contributed by atoms with van der Waals surface area (Å²) in [4.78, 5) is 32.4. The van der Waals surface area contributed by atoms with Crippen LogP contribution in [0, 0.1) is 10.1 Å². The summed E-state index contributed by atoms with van der Waals surface area (Å²) in [6.45, 7) is 2.26. The number of benzene rings is 1. The summed E-state index contributed by atoms with van der Waals surface area (Å²) in [5, 5.41) is 14.0. The lowest BCUT2D eigenvalue weighted by Crippen LogP contribution is -2.05. The van der Waals surface area contributed by atoms with Crippen molar-refractivity contribution in [3.8, 4) is 0 Å². The zero-order valence-corrected chi connectivity index (χ0v) is 17.5. The van der Waals surface area contributed by atoms with Crippen LogP contribution in [0.4, 0.5) is 23.1 Å². The van der Waals surface area contributed by atoms with Crippen molar-refractivity contribution in [2.45, 2.75) is 19.8 Å². The van der Waals surface area contributed by atoms with Gasteiger partial charge in [-0.3, -0.25) is 19.9 Å². The molecular weight excluding hydrogens is 424 g/mol. The number of nitrogens with one attached hydrogen (secondary N) is 1. The molecule has 0 unspecified atom stereocenters. The van der Waals surface area contributed by atoms with Gasteiger partial charge in [0.15, 0.2) is 0 Å². The second-order valence-corrected chi connectivity index (χ2v) is 6.46. The van der Waals surface area contributed by atoms with Gasteiger partial charge in [-0.2, -0.15) is 4.98 Å². The Kier molecular flexibility index (Phi) is 9.12. The van der Waals surface area contributed by atoms with E-state index in [1.165, 1.54) is 0 Å². The zero-order valence-electron chi connectivity index (χ0n) is 16.7. The second kappa shape index (κ2) is 12.0. The van der Waals surface area contributed by atoms with Gasteiger partial charge < -0.3 is 15.8 Å². The van der Waals surface area contributed by atoms with Gasteiger partial charge in [0, 0.05) is 29.5 Å². The van der Waals surface area contributed by atoms with Crippen LogP contribution in [0.1, 0.15) is 18.9 Å². The van der Waals surface area contributed by atoms with E-state index < -0.39 is 4.92 Å². The summed E-state index contributed by atoms with van der Waals surface area (Å²) < 4.78 is 4.80. The minimum atomic E-state index is -0.637. The maximum atomic E-state index is 11.0. The van der Waals surface area contributed by atoms with Crippen LogP contribution in [-0.2, 0) is 16.0 Å². The summed E-state index contributed by atoms with van der Waals surface area (Å²) >= 11 is 5.74. The minimum Gasteiger partial charge on any atom is -0.466 e. The number of aromatic nitrogens is 3. The van der Waals surface area contributed by atoms with Crippen molar-refractivity contribution in [3.63, 3.8) is 0 Å². The number of nitrogens with two attached hydrogens (primary N) is 1. The lowest BCUT2D eigenvalue weighted by molar-refractivity contribution is -0.384. The first-order valence-corrected chi connectivity index (χ1v) is 9.60. The number of carbonyl (C=O) groups excluding carboxylic acids is 1. The third-order valence-corrected chi connectivity index (χ3v) is 3.99. The number of hydrogen-bond acceptors (Lipinski definition) is 9. The number of hydrogen-bond donors (Lipinski definition) is 2. The predicted molar refractivity (Wildman–Crippen MR) is 117 cm³/mol. The molecule has 0 aliphatic carbocycles. The van der Waals surface area contributed by atoms with Crippen molar-refractivity contribution in [2.24, 2.45) is 0 Å². The quantitative estimate of drug-likeness (QED) is 0.314. The van der Waals surface area contributed by atoms with Crippen LogP contribution in [0.2, 0.25) is 5.02 Å². The zero-order chi connectivity index (χ0) is 22.6. The highest BCUT2D eigenvalue weighted by Crippen LogP contribution is 2.21. The van der Waals surface area contributed by atoms with Crippen molar-refractivity contribution in [1.82, 2.24) is 15.0 Å². The molecule has 0 radical (unpaired) electrons. The predicted octanol–water partition coefficient (Wildman–Crippen LogP) is 3.94. The van der Waals surface area contributed by atoms with Crippen molar-refractivity contribution >= 4 is 40.7 Å². The highest BCUT2D eigenvalue weighted by Gasteiger charge is 2.14. The number of anilines is 3. The smallest absolute Gasteiger partial charge is 0.329 e. The Morgan fingerprint density at radius 2 is 2.00 bits per heavy atom. The molecule has 31 heavy (non-hydrogen) atoms. The Hall–Kier alpha value is -3.79. The average molecular weight is 445 g/mol. The van der Waals surface area contributed by atoms with E-state index in [2.05, 4.69) is 20.3 Å². The lowest BCUT2D eigenvalue weighted by Gasteiger charge is -2.05. The molecule has 0 saturated heterocycles. The van der Waals surface area contributed by atoms with Gasteiger partial charge in [0.1, 0.15) is 6.20 Å². The van der Waals surface area contributed by atoms with Gasteiger partial charge in [0.05, 0.1) is 11.5 Å². The lowest BCUT2D eigenvalue weighted by atomic mass is 10.2. The first-order chi connectivity index (χ1) is 14.9. The van der Waals surface area contributed by atoms with E-state index in [1.807, 2.05) is 19.1 Å². The number of carbonyl (C=O) groups is 1. The number of esters is 1. The van der Waals surface area contributed by atoms with Gasteiger partial charge in [-0.15, -0.1) is 0 Å². The molecule has 0 aliphatic heterocycles. The molecule has 0 saturated carbocycles. The summed E-state index contributed by atoms with van der Waals surface area (Å²) in [5.74, 6) is -0.154. The highest BCUT2D eigenvalue weighted by atomic mass is 35.5. The SMILES string of the molecule is CCOC(=O)CCc1cccnc1.Nc1nc(Nc2ccc(Cl)cc2)ncc1[N+](=O)[O-]. The molecule has 0 amide bonds. The number of ether oxygens (including phenoxy) is 1. The molecule has 1 aromatic carbocycles. The standard InChI is InChI=1S/C10H8ClN5O2.C10H13NO2/c11-6-1-3-7(4-2-6)14-10-13-5-8(16(17)18)9(12)15-10;1-2-13-10(12)6-5-9-4-3-7-11-8-9/h1-5H,(H3,12,13,14,15);3-4,7-8H,2,5-6H2,1H3. The Morgan fingerprint density at radius 1 is 1.26 bits per heavy atom. The van der Waals surface area contributed by atoms with E-state index in [9.17, 15) is 14.9 Å². The number of nitro groups is 1. The number of aryl methyl sites for hydroxylation is 1. The molecule has 3 N–H and O–H groups in total. The molecule has 0 atom stereocenters. The fourth-order valence-corrected chi connectivity index (χ4v) is 2.40. The Bertz CT molecular complexity index is 1000. The van der Waals surface area contributed by atoms with Gasteiger partial charge in [0.2, 0.25) is 11.8 Å². The van der Waals surface area contributed by atoms with Crippen molar-refractivity contribution in [1.29, 1.82) is 0 Å². The summed E-state index contributed by atoms with van der Waals surface area (Å²) in [7, 11) is 0. The fourth-order valence-electron chi connectivity index (χ4n) is 2.28. The molecule has 0 spiro atoms. The van der Waals surface area contributed by atoms with E-state index >= 15 is 0 Å². The van der Waals surface area contributed by atoms with Gasteiger partial charge >= 0.3 is 11.7 Å². The third kappa shape index (κ3) is 8.23. The first-order valence-electron chi connectivity index (χ1n) is 9.23. The maximum absolute atomic E-state index is 11.0. The molecule has 0 aliphatic rings. The monoisotopic (exact) mass is 444 g/mol. The maximum Gasteiger partial charge on any atom is 0.329 e.